The SMILES string of the molecule is CCOc1cc2c(N)nc(C(C)(C)C)nc2c(Cl)c1O. The molecule has 1 aromatic carbocycles. The third-order valence-corrected chi connectivity index (χ3v) is 3.23. The number of nitrogen functional groups attached to an aromatic ring is 1. The Hall–Kier alpha value is -1.75. The highest BCUT2D eigenvalue weighted by Gasteiger charge is 2.22. The van der Waals surface area contributed by atoms with Crippen molar-refractivity contribution in [1.82, 2.24) is 9.97 Å². The number of ether oxygens (including phenoxy) is 1. The molecule has 108 valence electrons. The van der Waals surface area contributed by atoms with Crippen LogP contribution in [-0.4, -0.2) is 21.7 Å². The second kappa shape index (κ2) is 4.98. The number of anilines is 1. The largest absolute Gasteiger partial charge is 0.503 e. The normalized spacial score (nSPS) is 11.8. The summed E-state index contributed by atoms with van der Waals surface area (Å²) in [5.41, 5.74) is 6.16. The summed E-state index contributed by atoms with van der Waals surface area (Å²) < 4.78 is 5.33. The zero-order valence-electron chi connectivity index (χ0n) is 12.0. The summed E-state index contributed by atoms with van der Waals surface area (Å²) in [7, 11) is 0. The Morgan fingerprint density at radius 2 is 2.00 bits per heavy atom. The van der Waals surface area contributed by atoms with Crippen molar-refractivity contribution in [3.8, 4) is 11.5 Å². The Labute approximate surface area is 122 Å². The van der Waals surface area contributed by atoms with E-state index >= 15 is 0 Å². The van der Waals surface area contributed by atoms with Crippen LogP contribution in [0.4, 0.5) is 5.82 Å². The maximum Gasteiger partial charge on any atom is 0.179 e. The molecule has 6 heteroatoms. The Morgan fingerprint density at radius 3 is 2.55 bits per heavy atom. The summed E-state index contributed by atoms with van der Waals surface area (Å²) in [6, 6.07) is 1.61. The van der Waals surface area contributed by atoms with Gasteiger partial charge in [0.2, 0.25) is 0 Å². The number of rotatable bonds is 2. The molecule has 0 unspecified atom stereocenters. The summed E-state index contributed by atoms with van der Waals surface area (Å²) >= 11 is 6.19. The van der Waals surface area contributed by atoms with Crippen LogP contribution in [0, 0.1) is 0 Å². The van der Waals surface area contributed by atoms with Gasteiger partial charge in [-0.15, -0.1) is 0 Å². The molecule has 0 aliphatic carbocycles. The van der Waals surface area contributed by atoms with Gasteiger partial charge >= 0.3 is 0 Å². The molecule has 0 spiro atoms. The number of aromatic nitrogens is 2. The maximum atomic E-state index is 10.1. The van der Waals surface area contributed by atoms with Crippen molar-refractivity contribution in [3.05, 3.63) is 16.9 Å². The number of aromatic hydroxyl groups is 1. The minimum Gasteiger partial charge on any atom is -0.503 e. The molecule has 20 heavy (non-hydrogen) atoms. The summed E-state index contributed by atoms with van der Waals surface area (Å²) in [4.78, 5) is 8.75. The molecule has 0 fully saturated rings. The molecule has 0 saturated heterocycles. The lowest BCUT2D eigenvalue weighted by molar-refractivity contribution is 0.319. The first-order valence-corrected chi connectivity index (χ1v) is 6.75. The summed E-state index contributed by atoms with van der Waals surface area (Å²) in [6.45, 7) is 8.18. The third kappa shape index (κ3) is 2.45. The van der Waals surface area contributed by atoms with Crippen molar-refractivity contribution in [3.63, 3.8) is 0 Å². The van der Waals surface area contributed by atoms with E-state index in [1.807, 2.05) is 27.7 Å². The van der Waals surface area contributed by atoms with Gasteiger partial charge in [0.15, 0.2) is 11.5 Å². The van der Waals surface area contributed by atoms with Crippen molar-refractivity contribution in [2.24, 2.45) is 0 Å². The highest BCUT2D eigenvalue weighted by molar-refractivity contribution is 6.37. The molecule has 0 aliphatic rings. The van der Waals surface area contributed by atoms with E-state index in [9.17, 15) is 5.11 Å². The van der Waals surface area contributed by atoms with Crippen LogP contribution in [0.1, 0.15) is 33.5 Å². The predicted octanol–water partition coefficient (Wildman–Crippen LogP) is 3.27. The predicted molar refractivity (Wildman–Crippen MR) is 80.5 cm³/mol. The number of nitrogens with two attached hydrogens (primary N) is 1. The summed E-state index contributed by atoms with van der Waals surface area (Å²) in [5.74, 6) is 1.05. The molecule has 1 heterocycles. The number of halogens is 1. The molecule has 0 saturated carbocycles. The molecule has 3 N–H and O–H groups in total. The van der Waals surface area contributed by atoms with Crippen molar-refractivity contribution < 1.29 is 9.84 Å². The van der Waals surface area contributed by atoms with Crippen molar-refractivity contribution >= 4 is 28.3 Å². The minimum absolute atomic E-state index is 0.126. The van der Waals surface area contributed by atoms with Crippen LogP contribution in [0.2, 0.25) is 5.02 Å². The first-order valence-electron chi connectivity index (χ1n) is 6.37. The van der Waals surface area contributed by atoms with Gasteiger partial charge in [0.05, 0.1) is 12.1 Å². The first-order chi connectivity index (χ1) is 9.25. The Morgan fingerprint density at radius 1 is 1.35 bits per heavy atom. The minimum atomic E-state index is -0.264. The van der Waals surface area contributed by atoms with Gasteiger partial charge in [-0.1, -0.05) is 32.4 Å². The lowest BCUT2D eigenvalue weighted by atomic mass is 9.95. The van der Waals surface area contributed by atoms with E-state index in [-0.39, 0.29) is 21.9 Å². The number of hydrogen-bond donors (Lipinski definition) is 2. The Balaban J connectivity index is 2.79. The average molecular weight is 296 g/mol. The van der Waals surface area contributed by atoms with E-state index in [0.717, 1.165) is 0 Å². The third-order valence-electron chi connectivity index (χ3n) is 2.87. The molecule has 0 bridgehead atoms. The van der Waals surface area contributed by atoms with E-state index < -0.39 is 0 Å². The molecule has 2 aromatic rings. The van der Waals surface area contributed by atoms with Gasteiger partial charge in [-0.25, -0.2) is 9.97 Å². The van der Waals surface area contributed by atoms with Crippen LogP contribution in [-0.2, 0) is 5.41 Å². The van der Waals surface area contributed by atoms with Crippen LogP contribution in [0.15, 0.2) is 6.07 Å². The van der Waals surface area contributed by atoms with Crippen LogP contribution in [0.25, 0.3) is 10.9 Å². The molecule has 1 aromatic heterocycles. The van der Waals surface area contributed by atoms with E-state index in [4.69, 9.17) is 22.1 Å². The number of benzene rings is 1. The van der Waals surface area contributed by atoms with Gasteiger partial charge in [-0.2, -0.15) is 0 Å². The van der Waals surface area contributed by atoms with Crippen molar-refractivity contribution in [1.29, 1.82) is 0 Å². The highest BCUT2D eigenvalue weighted by atomic mass is 35.5. The summed E-state index contributed by atoms with van der Waals surface area (Å²) in [5, 5.41) is 10.8. The van der Waals surface area contributed by atoms with Crippen molar-refractivity contribution in [2.75, 3.05) is 12.3 Å². The number of hydrogen-bond acceptors (Lipinski definition) is 5. The molecular formula is C14H18ClN3O2. The first kappa shape index (κ1) is 14.7. The zero-order valence-corrected chi connectivity index (χ0v) is 12.7. The molecular weight excluding hydrogens is 278 g/mol. The number of phenols is 1. The quantitative estimate of drug-likeness (QED) is 0.888. The average Bonchev–Trinajstić information content (AvgIpc) is 2.35. The number of nitrogens with zero attached hydrogens (tertiary/aromatic N) is 2. The second-order valence-corrected chi connectivity index (χ2v) is 5.93. The molecule has 0 amide bonds. The topological polar surface area (TPSA) is 81.3 Å². The van der Waals surface area contributed by atoms with Gasteiger partial charge in [0.25, 0.3) is 0 Å². The maximum absolute atomic E-state index is 10.1. The van der Waals surface area contributed by atoms with Crippen LogP contribution in [0.5, 0.6) is 11.5 Å². The Kier molecular flexibility index (Phi) is 3.65. The second-order valence-electron chi connectivity index (χ2n) is 5.55. The van der Waals surface area contributed by atoms with Gasteiger partial charge in [-0.05, 0) is 13.0 Å². The standard InChI is InChI=1S/C14H18ClN3O2/c1-5-20-8-6-7-10(9(15)11(8)19)17-13(14(2,3)4)18-12(7)16/h6,19H,5H2,1-4H3,(H2,16,17,18). The monoisotopic (exact) mass is 295 g/mol. The fourth-order valence-electron chi connectivity index (χ4n) is 1.82. The molecule has 5 nitrogen and oxygen atoms in total. The smallest absolute Gasteiger partial charge is 0.179 e. The summed E-state index contributed by atoms with van der Waals surface area (Å²) in [6.07, 6.45) is 0. The van der Waals surface area contributed by atoms with Crippen LogP contribution < -0.4 is 10.5 Å². The highest BCUT2D eigenvalue weighted by Crippen LogP contribution is 2.41. The fraction of sp³-hybridized carbons (Fsp3) is 0.429. The van der Waals surface area contributed by atoms with E-state index in [0.29, 0.717) is 29.2 Å². The van der Waals surface area contributed by atoms with Crippen molar-refractivity contribution in [2.45, 2.75) is 33.1 Å². The van der Waals surface area contributed by atoms with Crippen LogP contribution in [0.3, 0.4) is 0 Å². The van der Waals surface area contributed by atoms with Gasteiger partial charge < -0.3 is 15.6 Å². The van der Waals surface area contributed by atoms with E-state index in [2.05, 4.69) is 9.97 Å². The number of phenolic OH excluding ortho intramolecular Hbond substituents is 1. The Bertz CT molecular complexity index is 666. The van der Waals surface area contributed by atoms with Gasteiger partial charge in [0.1, 0.15) is 16.7 Å². The molecule has 0 radical (unpaired) electrons. The molecule has 0 atom stereocenters. The van der Waals surface area contributed by atoms with E-state index in [1.54, 1.807) is 6.07 Å². The zero-order chi connectivity index (χ0) is 15.1. The molecule has 0 aliphatic heterocycles. The van der Waals surface area contributed by atoms with Gasteiger partial charge in [-0.3, -0.25) is 0 Å². The lowest BCUT2D eigenvalue weighted by Crippen LogP contribution is -2.17. The van der Waals surface area contributed by atoms with E-state index in [1.165, 1.54) is 0 Å². The number of fused-ring (bicyclic) bond motifs is 1. The lowest BCUT2D eigenvalue weighted by Gasteiger charge is -2.18. The van der Waals surface area contributed by atoms with Gasteiger partial charge in [0, 0.05) is 10.8 Å². The van der Waals surface area contributed by atoms with Crippen LogP contribution >= 0.6 is 11.6 Å². The fourth-order valence-corrected chi connectivity index (χ4v) is 2.05. The molecule has 2 rings (SSSR count).